The smallest absolute Gasteiger partial charge is 0.423 e. The maximum absolute atomic E-state index is 8.95. The van der Waals surface area contributed by atoms with Crippen molar-refractivity contribution in [2.75, 3.05) is 0 Å². The predicted molar refractivity (Wildman–Crippen MR) is 68.1 cm³/mol. The molecule has 2 rings (SSSR count). The molecular weight excluding hydrogens is 224 g/mol. The van der Waals surface area contributed by atoms with Gasteiger partial charge in [-0.2, -0.15) is 0 Å². The van der Waals surface area contributed by atoms with Crippen molar-refractivity contribution in [1.29, 1.82) is 0 Å². The van der Waals surface area contributed by atoms with Gasteiger partial charge in [-0.15, -0.1) is 12.4 Å². The lowest BCUT2D eigenvalue weighted by Crippen LogP contribution is -2.30. The molecule has 1 aromatic rings. The number of nitrogens with one attached hydrogen (secondary N) is 1. The Hall–Kier alpha value is -0.545. The minimum absolute atomic E-state index is 0. The molecule has 0 amide bonds. The Morgan fingerprint density at radius 1 is 1.25 bits per heavy atom. The lowest BCUT2D eigenvalue weighted by Gasteiger charge is -2.13. The highest BCUT2D eigenvalue weighted by atomic mass is 35.5. The third kappa shape index (κ3) is 3.49. The molecule has 5 heteroatoms. The van der Waals surface area contributed by atoms with E-state index in [-0.39, 0.29) is 12.4 Å². The Balaban J connectivity index is 0.00000128. The zero-order valence-corrected chi connectivity index (χ0v) is 10.1. The maximum Gasteiger partial charge on any atom is 0.488 e. The number of benzene rings is 1. The Kier molecular flexibility index (Phi) is 4.80. The van der Waals surface area contributed by atoms with Crippen LogP contribution in [0.25, 0.3) is 0 Å². The van der Waals surface area contributed by atoms with E-state index in [2.05, 4.69) is 12.2 Å². The van der Waals surface area contributed by atoms with Gasteiger partial charge in [0.15, 0.2) is 0 Å². The van der Waals surface area contributed by atoms with Crippen LogP contribution < -0.4 is 10.8 Å². The summed E-state index contributed by atoms with van der Waals surface area (Å²) in [4.78, 5) is 0. The van der Waals surface area contributed by atoms with E-state index in [0.717, 1.165) is 0 Å². The van der Waals surface area contributed by atoms with Gasteiger partial charge in [0.25, 0.3) is 0 Å². The van der Waals surface area contributed by atoms with E-state index in [4.69, 9.17) is 10.0 Å². The van der Waals surface area contributed by atoms with Crippen LogP contribution in [0.15, 0.2) is 24.3 Å². The van der Waals surface area contributed by atoms with Gasteiger partial charge in [0, 0.05) is 12.1 Å². The fourth-order valence-electron chi connectivity index (χ4n) is 1.66. The number of hydrogen-bond acceptors (Lipinski definition) is 3. The SMILES string of the molecule is CC(NC1CC1)c1ccc(B(O)O)cc1.Cl. The number of rotatable bonds is 4. The van der Waals surface area contributed by atoms with E-state index in [1.807, 2.05) is 12.1 Å². The maximum atomic E-state index is 8.95. The third-order valence-corrected chi connectivity index (χ3v) is 2.80. The van der Waals surface area contributed by atoms with Gasteiger partial charge in [-0.25, -0.2) is 0 Å². The second-order valence-electron chi connectivity index (χ2n) is 4.20. The van der Waals surface area contributed by atoms with Gasteiger partial charge in [0.2, 0.25) is 0 Å². The fourth-order valence-corrected chi connectivity index (χ4v) is 1.66. The Morgan fingerprint density at radius 3 is 2.25 bits per heavy atom. The molecule has 88 valence electrons. The highest BCUT2D eigenvalue weighted by Gasteiger charge is 2.23. The van der Waals surface area contributed by atoms with Crippen LogP contribution in [0, 0.1) is 0 Å². The second kappa shape index (κ2) is 5.68. The van der Waals surface area contributed by atoms with Crippen molar-refractivity contribution in [1.82, 2.24) is 5.32 Å². The highest BCUT2D eigenvalue weighted by Crippen LogP contribution is 2.23. The molecule has 1 fully saturated rings. The third-order valence-electron chi connectivity index (χ3n) is 2.80. The van der Waals surface area contributed by atoms with E-state index in [1.54, 1.807) is 12.1 Å². The molecular formula is C11H17BClNO2. The molecule has 0 spiro atoms. The van der Waals surface area contributed by atoms with E-state index in [0.29, 0.717) is 17.5 Å². The minimum atomic E-state index is -1.37. The average Bonchev–Trinajstić information content (AvgIpc) is 3.02. The molecule has 0 bridgehead atoms. The van der Waals surface area contributed by atoms with Crippen LogP contribution in [0.2, 0.25) is 0 Å². The quantitative estimate of drug-likeness (QED) is 0.677. The first kappa shape index (κ1) is 13.5. The van der Waals surface area contributed by atoms with Crippen molar-refractivity contribution in [3.05, 3.63) is 29.8 Å². The standard InChI is InChI=1S/C11H16BNO2.ClH/c1-8(13-11-6-7-11)9-2-4-10(5-3-9)12(14)15;/h2-5,8,11,13-15H,6-7H2,1H3;1H. The minimum Gasteiger partial charge on any atom is -0.423 e. The van der Waals surface area contributed by atoms with Gasteiger partial charge in [-0.05, 0) is 30.8 Å². The van der Waals surface area contributed by atoms with Crippen molar-refractivity contribution >= 4 is 25.0 Å². The van der Waals surface area contributed by atoms with Crippen LogP contribution in [0.4, 0.5) is 0 Å². The van der Waals surface area contributed by atoms with Crippen molar-refractivity contribution in [2.45, 2.75) is 31.8 Å². The average molecular weight is 242 g/mol. The van der Waals surface area contributed by atoms with Gasteiger partial charge >= 0.3 is 7.12 Å². The lowest BCUT2D eigenvalue weighted by atomic mass is 9.80. The van der Waals surface area contributed by atoms with Crippen LogP contribution in [0.5, 0.6) is 0 Å². The number of halogens is 1. The monoisotopic (exact) mass is 241 g/mol. The highest BCUT2D eigenvalue weighted by molar-refractivity contribution is 6.58. The summed E-state index contributed by atoms with van der Waals surface area (Å²) in [7, 11) is -1.37. The van der Waals surface area contributed by atoms with Crippen molar-refractivity contribution in [2.24, 2.45) is 0 Å². The van der Waals surface area contributed by atoms with Crippen LogP contribution >= 0.6 is 12.4 Å². The molecule has 1 aromatic carbocycles. The summed E-state index contributed by atoms with van der Waals surface area (Å²) in [6, 6.07) is 8.41. The molecule has 0 saturated heterocycles. The first-order chi connectivity index (χ1) is 7.16. The van der Waals surface area contributed by atoms with Gasteiger partial charge in [-0.3, -0.25) is 0 Å². The van der Waals surface area contributed by atoms with Crippen molar-refractivity contribution < 1.29 is 10.0 Å². The van der Waals surface area contributed by atoms with Crippen molar-refractivity contribution in [3.63, 3.8) is 0 Å². The second-order valence-corrected chi connectivity index (χ2v) is 4.20. The van der Waals surface area contributed by atoms with E-state index >= 15 is 0 Å². The van der Waals surface area contributed by atoms with E-state index in [1.165, 1.54) is 18.4 Å². The Bertz CT molecular complexity index is 327. The molecule has 1 atom stereocenters. The summed E-state index contributed by atoms with van der Waals surface area (Å²) in [5.74, 6) is 0. The summed E-state index contributed by atoms with van der Waals surface area (Å²) >= 11 is 0. The van der Waals surface area contributed by atoms with Crippen molar-refractivity contribution in [3.8, 4) is 0 Å². The van der Waals surface area contributed by atoms with Gasteiger partial charge in [-0.1, -0.05) is 24.3 Å². The molecule has 1 saturated carbocycles. The lowest BCUT2D eigenvalue weighted by molar-refractivity contribution is 0.425. The predicted octanol–water partition coefficient (Wildman–Crippen LogP) is 0.601. The summed E-state index contributed by atoms with van der Waals surface area (Å²) in [6.45, 7) is 2.13. The largest absolute Gasteiger partial charge is 0.488 e. The fraction of sp³-hybridized carbons (Fsp3) is 0.455. The molecule has 0 heterocycles. The van der Waals surface area contributed by atoms with E-state index < -0.39 is 7.12 Å². The zero-order valence-electron chi connectivity index (χ0n) is 9.26. The van der Waals surface area contributed by atoms with Gasteiger partial charge in [0.1, 0.15) is 0 Å². The topological polar surface area (TPSA) is 52.5 Å². The molecule has 0 aromatic heterocycles. The molecule has 3 N–H and O–H groups in total. The molecule has 1 aliphatic carbocycles. The van der Waals surface area contributed by atoms with Crippen LogP contribution in [-0.4, -0.2) is 23.2 Å². The molecule has 3 nitrogen and oxygen atoms in total. The Labute approximate surface area is 102 Å². The van der Waals surface area contributed by atoms with Gasteiger partial charge in [0.05, 0.1) is 0 Å². The van der Waals surface area contributed by atoms with Crippen LogP contribution in [-0.2, 0) is 0 Å². The van der Waals surface area contributed by atoms with E-state index in [9.17, 15) is 0 Å². The first-order valence-corrected chi connectivity index (χ1v) is 5.39. The summed E-state index contributed by atoms with van der Waals surface area (Å²) < 4.78 is 0. The molecule has 1 unspecified atom stereocenters. The van der Waals surface area contributed by atoms with Gasteiger partial charge < -0.3 is 15.4 Å². The summed E-state index contributed by atoms with van der Waals surface area (Å²) in [5, 5.41) is 21.4. The summed E-state index contributed by atoms with van der Waals surface area (Å²) in [6.07, 6.45) is 2.55. The number of hydrogen-bond donors (Lipinski definition) is 3. The Morgan fingerprint density at radius 2 is 1.81 bits per heavy atom. The normalized spacial score (nSPS) is 16.4. The zero-order chi connectivity index (χ0) is 10.8. The summed E-state index contributed by atoms with van der Waals surface area (Å²) in [5.41, 5.74) is 1.73. The molecule has 1 aliphatic rings. The van der Waals surface area contributed by atoms with Crippen LogP contribution in [0.1, 0.15) is 31.4 Å². The van der Waals surface area contributed by atoms with Crippen LogP contribution in [0.3, 0.4) is 0 Å². The molecule has 16 heavy (non-hydrogen) atoms. The molecule has 0 aliphatic heterocycles. The molecule has 0 radical (unpaired) electrons. The first-order valence-electron chi connectivity index (χ1n) is 5.39.